The van der Waals surface area contributed by atoms with Crippen molar-refractivity contribution in [1.82, 2.24) is 10.3 Å². The summed E-state index contributed by atoms with van der Waals surface area (Å²) in [6, 6.07) is 12.9. The van der Waals surface area contributed by atoms with Gasteiger partial charge in [0.25, 0.3) is 0 Å². The van der Waals surface area contributed by atoms with Crippen molar-refractivity contribution >= 4 is 23.6 Å². The van der Waals surface area contributed by atoms with E-state index in [1.54, 1.807) is 31.5 Å². The highest BCUT2D eigenvalue weighted by Crippen LogP contribution is 2.22. The number of hydrogen-bond acceptors (Lipinski definition) is 5. The van der Waals surface area contributed by atoms with Crippen LogP contribution in [-0.2, 0) is 25.6 Å². The number of benzene rings is 1. The lowest BCUT2D eigenvalue weighted by Gasteiger charge is -2.28. The summed E-state index contributed by atoms with van der Waals surface area (Å²) in [6.07, 6.45) is 3.48. The maximum Gasteiger partial charge on any atom is 0.336 e. The Kier molecular flexibility index (Phi) is 6.37. The van der Waals surface area contributed by atoms with Crippen LogP contribution >= 0.6 is 11.8 Å². The van der Waals surface area contributed by atoms with Crippen LogP contribution < -0.4 is 5.32 Å². The number of carbonyl (C=O) groups excluding carboxylic acids is 2. The Morgan fingerprint density at radius 2 is 1.96 bits per heavy atom. The highest BCUT2D eigenvalue weighted by Gasteiger charge is 2.37. The minimum atomic E-state index is -1.21. The fourth-order valence-corrected chi connectivity index (χ4v) is 3.04. The molecule has 0 aliphatic heterocycles. The molecule has 6 heteroatoms. The van der Waals surface area contributed by atoms with Crippen molar-refractivity contribution in [3.8, 4) is 0 Å². The number of methoxy groups -OCH3 is 1. The second kappa shape index (κ2) is 8.49. The van der Waals surface area contributed by atoms with Crippen LogP contribution in [0.1, 0.15) is 18.1 Å². The predicted octanol–water partition coefficient (Wildman–Crippen LogP) is 2.52. The lowest BCUT2D eigenvalue weighted by molar-refractivity contribution is -0.150. The van der Waals surface area contributed by atoms with E-state index in [9.17, 15) is 9.59 Å². The van der Waals surface area contributed by atoms with E-state index in [2.05, 4.69) is 10.3 Å². The lowest BCUT2D eigenvalue weighted by atomic mass is 9.92. The minimum absolute atomic E-state index is 0.222. The minimum Gasteiger partial charge on any atom is -0.467 e. The molecule has 0 radical (unpaired) electrons. The summed E-state index contributed by atoms with van der Waals surface area (Å²) < 4.78 is 4.88. The number of rotatable bonds is 7. The van der Waals surface area contributed by atoms with Gasteiger partial charge in [-0.05, 0) is 24.1 Å². The second-order valence-electron chi connectivity index (χ2n) is 5.38. The van der Waals surface area contributed by atoms with E-state index in [1.807, 2.05) is 30.3 Å². The Hall–Kier alpha value is -2.34. The van der Waals surface area contributed by atoms with Crippen molar-refractivity contribution in [2.45, 2.75) is 18.2 Å². The van der Waals surface area contributed by atoms with E-state index in [-0.39, 0.29) is 11.7 Å². The van der Waals surface area contributed by atoms with Crippen molar-refractivity contribution < 1.29 is 14.3 Å². The monoisotopic (exact) mass is 344 g/mol. The van der Waals surface area contributed by atoms with Crippen LogP contribution in [0.4, 0.5) is 0 Å². The zero-order chi connectivity index (χ0) is 17.4. The highest BCUT2D eigenvalue weighted by molar-refractivity contribution is 7.99. The Labute approximate surface area is 145 Å². The zero-order valence-electron chi connectivity index (χ0n) is 13.7. The number of nitrogens with zero attached hydrogens (tertiary/aromatic N) is 1. The van der Waals surface area contributed by atoms with Crippen molar-refractivity contribution in [3.05, 3.63) is 66.0 Å². The van der Waals surface area contributed by atoms with Crippen LogP contribution in [0.2, 0.25) is 0 Å². The Bertz CT molecular complexity index is 679. The Morgan fingerprint density at radius 1 is 1.21 bits per heavy atom. The first-order valence-electron chi connectivity index (χ1n) is 7.48. The van der Waals surface area contributed by atoms with Crippen LogP contribution in [0.5, 0.6) is 0 Å². The molecule has 1 aromatic carbocycles. The van der Waals surface area contributed by atoms with Gasteiger partial charge in [-0.2, -0.15) is 0 Å². The molecule has 1 heterocycles. The number of esters is 1. The van der Waals surface area contributed by atoms with E-state index in [1.165, 1.54) is 18.9 Å². The molecule has 1 aromatic heterocycles. The van der Waals surface area contributed by atoms with Gasteiger partial charge in [0.05, 0.1) is 12.9 Å². The topological polar surface area (TPSA) is 68.3 Å². The SMILES string of the molecule is COC(=O)C(C)(NC(=O)CSCc1cccnc1)c1ccccc1. The van der Waals surface area contributed by atoms with E-state index in [4.69, 9.17) is 4.74 Å². The molecule has 1 atom stereocenters. The zero-order valence-corrected chi connectivity index (χ0v) is 14.5. The van der Waals surface area contributed by atoms with Gasteiger partial charge in [0, 0.05) is 18.1 Å². The van der Waals surface area contributed by atoms with E-state index in [0.717, 1.165) is 5.56 Å². The summed E-state index contributed by atoms with van der Waals surface area (Å²) in [7, 11) is 1.31. The number of pyridine rings is 1. The molecule has 5 nitrogen and oxygen atoms in total. The van der Waals surface area contributed by atoms with Gasteiger partial charge in [0.2, 0.25) is 5.91 Å². The first kappa shape index (κ1) is 18.0. The van der Waals surface area contributed by atoms with Crippen molar-refractivity contribution in [3.63, 3.8) is 0 Å². The van der Waals surface area contributed by atoms with Gasteiger partial charge in [-0.1, -0.05) is 36.4 Å². The van der Waals surface area contributed by atoms with Gasteiger partial charge in [-0.25, -0.2) is 4.79 Å². The number of aromatic nitrogens is 1. The van der Waals surface area contributed by atoms with Gasteiger partial charge in [0.1, 0.15) is 0 Å². The van der Waals surface area contributed by atoms with Crippen LogP contribution in [0.25, 0.3) is 0 Å². The maximum absolute atomic E-state index is 12.3. The maximum atomic E-state index is 12.3. The molecule has 0 fully saturated rings. The van der Waals surface area contributed by atoms with Gasteiger partial charge in [-0.15, -0.1) is 11.8 Å². The molecule has 2 rings (SSSR count). The first-order valence-corrected chi connectivity index (χ1v) is 8.63. The molecule has 24 heavy (non-hydrogen) atoms. The van der Waals surface area contributed by atoms with Gasteiger partial charge in [-0.3, -0.25) is 9.78 Å². The lowest BCUT2D eigenvalue weighted by Crippen LogP contribution is -2.50. The van der Waals surface area contributed by atoms with Crippen molar-refractivity contribution in [2.75, 3.05) is 12.9 Å². The molecule has 2 aromatic rings. The normalized spacial score (nSPS) is 12.9. The molecule has 1 N–H and O–H groups in total. The first-order chi connectivity index (χ1) is 11.6. The predicted molar refractivity (Wildman–Crippen MR) is 94.4 cm³/mol. The average molecular weight is 344 g/mol. The number of amides is 1. The number of thioether (sulfide) groups is 1. The Balaban J connectivity index is 1.99. The van der Waals surface area contributed by atoms with Gasteiger partial charge in [0.15, 0.2) is 5.54 Å². The molecular formula is C18H20N2O3S. The molecule has 1 amide bonds. The molecular weight excluding hydrogens is 324 g/mol. The summed E-state index contributed by atoms with van der Waals surface area (Å²) in [4.78, 5) is 28.5. The molecule has 0 bridgehead atoms. The van der Waals surface area contributed by atoms with Crippen LogP contribution in [-0.4, -0.2) is 29.7 Å². The van der Waals surface area contributed by atoms with Gasteiger partial charge >= 0.3 is 5.97 Å². The van der Waals surface area contributed by atoms with E-state index >= 15 is 0 Å². The third-order valence-corrected chi connectivity index (χ3v) is 4.56. The average Bonchev–Trinajstić information content (AvgIpc) is 2.62. The van der Waals surface area contributed by atoms with E-state index in [0.29, 0.717) is 11.3 Å². The number of hydrogen-bond donors (Lipinski definition) is 1. The van der Waals surface area contributed by atoms with Crippen LogP contribution in [0.15, 0.2) is 54.9 Å². The molecule has 0 aliphatic rings. The van der Waals surface area contributed by atoms with Gasteiger partial charge < -0.3 is 10.1 Å². The molecule has 0 spiro atoms. The third-order valence-electron chi connectivity index (χ3n) is 3.56. The largest absolute Gasteiger partial charge is 0.467 e. The Morgan fingerprint density at radius 3 is 2.58 bits per heavy atom. The standard InChI is InChI=1S/C18H20N2O3S/c1-18(17(22)23-2,15-8-4-3-5-9-15)20-16(21)13-24-12-14-7-6-10-19-11-14/h3-11H,12-13H2,1-2H3,(H,20,21). The summed E-state index contributed by atoms with van der Waals surface area (Å²) in [5, 5.41) is 2.80. The number of ether oxygens (including phenoxy) is 1. The highest BCUT2D eigenvalue weighted by atomic mass is 32.2. The summed E-state index contributed by atoms with van der Waals surface area (Å²) in [5.41, 5.74) is 0.527. The fourth-order valence-electron chi connectivity index (χ4n) is 2.28. The molecule has 126 valence electrons. The van der Waals surface area contributed by atoms with Crippen molar-refractivity contribution in [2.24, 2.45) is 0 Å². The molecule has 0 saturated heterocycles. The summed E-state index contributed by atoms with van der Waals surface area (Å²) >= 11 is 1.47. The summed E-state index contributed by atoms with van der Waals surface area (Å²) in [5.74, 6) is 0.204. The number of carbonyl (C=O) groups is 2. The summed E-state index contributed by atoms with van der Waals surface area (Å²) in [6.45, 7) is 1.65. The quantitative estimate of drug-likeness (QED) is 0.782. The second-order valence-corrected chi connectivity index (χ2v) is 6.37. The van der Waals surface area contributed by atoms with E-state index < -0.39 is 11.5 Å². The third kappa shape index (κ3) is 4.58. The fraction of sp³-hybridized carbons (Fsp3) is 0.278. The molecule has 1 unspecified atom stereocenters. The smallest absolute Gasteiger partial charge is 0.336 e. The van der Waals surface area contributed by atoms with Crippen LogP contribution in [0.3, 0.4) is 0 Å². The molecule has 0 aliphatic carbocycles. The van der Waals surface area contributed by atoms with Crippen molar-refractivity contribution in [1.29, 1.82) is 0 Å². The number of nitrogens with one attached hydrogen (secondary N) is 1. The molecule has 0 saturated carbocycles. The van der Waals surface area contributed by atoms with Crippen LogP contribution in [0, 0.1) is 0 Å².